The smallest absolute Gasteiger partial charge is 0.410 e. The highest BCUT2D eigenvalue weighted by atomic mass is 16.6. The lowest BCUT2D eigenvalue weighted by atomic mass is 10.00. The van der Waals surface area contributed by atoms with Crippen LogP contribution in [0.3, 0.4) is 0 Å². The molecule has 0 aromatic heterocycles. The van der Waals surface area contributed by atoms with E-state index < -0.39 is 5.60 Å². The molecule has 0 aliphatic carbocycles. The lowest BCUT2D eigenvalue weighted by Gasteiger charge is -2.36. The van der Waals surface area contributed by atoms with Crippen molar-refractivity contribution < 1.29 is 9.53 Å². The summed E-state index contributed by atoms with van der Waals surface area (Å²) in [6, 6.07) is 18.1. The normalized spacial score (nSPS) is 14.6. The molecule has 0 unspecified atom stereocenters. The maximum absolute atomic E-state index is 12.2. The van der Waals surface area contributed by atoms with Gasteiger partial charge in [0.15, 0.2) is 0 Å². The van der Waals surface area contributed by atoms with Crippen molar-refractivity contribution in [2.45, 2.75) is 26.4 Å². The van der Waals surface area contributed by atoms with Crippen LogP contribution in [0.1, 0.15) is 26.3 Å². The highest BCUT2D eigenvalue weighted by Gasteiger charge is 2.25. The Morgan fingerprint density at radius 1 is 1.00 bits per heavy atom. The first-order chi connectivity index (χ1) is 12.9. The summed E-state index contributed by atoms with van der Waals surface area (Å²) < 4.78 is 5.45. The number of hydrogen-bond acceptors (Lipinski definition) is 4. The SMILES string of the molecule is CC(C)(C)OC(=O)N1CCN(c2ccc(-c3ccccc3C#N)cc2)CC1. The number of carbonyl (C=O) groups is 1. The summed E-state index contributed by atoms with van der Waals surface area (Å²) in [5, 5.41) is 9.28. The van der Waals surface area contributed by atoms with Crippen molar-refractivity contribution in [1.29, 1.82) is 5.26 Å². The van der Waals surface area contributed by atoms with Crippen molar-refractivity contribution in [2.24, 2.45) is 0 Å². The molecule has 0 bridgehead atoms. The van der Waals surface area contributed by atoms with E-state index in [0.29, 0.717) is 18.7 Å². The number of ether oxygens (including phenoxy) is 1. The van der Waals surface area contributed by atoms with Crippen LogP contribution in [0, 0.1) is 11.3 Å². The van der Waals surface area contributed by atoms with Gasteiger partial charge in [-0.3, -0.25) is 0 Å². The molecule has 27 heavy (non-hydrogen) atoms. The van der Waals surface area contributed by atoms with Crippen molar-refractivity contribution in [3.63, 3.8) is 0 Å². The van der Waals surface area contributed by atoms with Gasteiger partial charge in [0.05, 0.1) is 11.6 Å². The van der Waals surface area contributed by atoms with Crippen LogP contribution in [0.5, 0.6) is 0 Å². The molecule has 1 aliphatic heterocycles. The number of carbonyl (C=O) groups excluding carboxylic acids is 1. The summed E-state index contributed by atoms with van der Waals surface area (Å²) in [4.78, 5) is 16.2. The lowest BCUT2D eigenvalue weighted by molar-refractivity contribution is 0.0240. The molecule has 0 atom stereocenters. The molecule has 2 aromatic carbocycles. The maximum atomic E-state index is 12.2. The van der Waals surface area contributed by atoms with Crippen LogP contribution in [-0.2, 0) is 4.74 Å². The van der Waals surface area contributed by atoms with Crippen LogP contribution >= 0.6 is 0 Å². The number of hydrogen-bond donors (Lipinski definition) is 0. The summed E-state index contributed by atoms with van der Waals surface area (Å²) in [6.45, 7) is 8.48. The van der Waals surface area contributed by atoms with Gasteiger partial charge in [-0.25, -0.2) is 4.79 Å². The minimum Gasteiger partial charge on any atom is -0.444 e. The van der Waals surface area contributed by atoms with Gasteiger partial charge in [-0.15, -0.1) is 0 Å². The maximum Gasteiger partial charge on any atom is 0.410 e. The van der Waals surface area contributed by atoms with Crippen molar-refractivity contribution in [2.75, 3.05) is 31.1 Å². The van der Waals surface area contributed by atoms with Crippen molar-refractivity contribution in [3.05, 3.63) is 54.1 Å². The van der Waals surface area contributed by atoms with E-state index in [0.717, 1.165) is 29.9 Å². The topological polar surface area (TPSA) is 56.6 Å². The summed E-state index contributed by atoms with van der Waals surface area (Å²) in [7, 11) is 0. The molecular formula is C22H25N3O2. The zero-order valence-electron chi connectivity index (χ0n) is 16.1. The molecule has 0 spiro atoms. The highest BCUT2D eigenvalue weighted by Crippen LogP contribution is 2.26. The molecule has 0 saturated carbocycles. The Morgan fingerprint density at radius 2 is 1.63 bits per heavy atom. The largest absolute Gasteiger partial charge is 0.444 e. The quantitative estimate of drug-likeness (QED) is 0.799. The van der Waals surface area contributed by atoms with Crippen molar-refractivity contribution >= 4 is 11.8 Å². The van der Waals surface area contributed by atoms with E-state index in [9.17, 15) is 10.1 Å². The molecule has 0 radical (unpaired) electrons. The molecule has 3 rings (SSSR count). The van der Waals surface area contributed by atoms with Gasteiger partial charge in [0.25, 0.3) is 0 Å². The third-order valence-corrected chi connectivity index (χ3v) is 4.52. The predicted molar refractivity (Wildman–Crippen MR) is 107 cm³/mol. The lowest BCUT2D eigenvalue weighted by Crippen LogP contribution is -2.50. The first-order valence-electron chi connectivity index (χ1n) is 9.20. The molecule has 0 N–H and O–H groups in total. The monoisotopic (exact) mass is 363 g/mol. The molecule has 1 saturated heterocycles. The van der Waals surface area contributed by atoms with Gasteiger partial charge < -0.3 is 14.5 Å². The fourth-order valence-electron chi connectivity index (χ4n) is 3.16. The Balaban J connectivity index is 1.64. The number of amides is 1. The standard InChI is InChI=1S/C22H25N3O2/c1-22(2,3)27-21(26)25-14-12-24(13-15-25)19-10-8-17(9-11-19)20-7-5-4-6-18(20)16-23/h4-11H,12-15H2,1-3H3. The summed E-state index contributed by atoms with van der Waals surface area (Å²) in [5.74, 6) is 0. The fraction of sp³-hybridized carbons (Fsp3) is 0.364. The van der Waals surface area contributed by atoms with E-state index in [1.807, 2.05) is 57.2 Å². The van der Waals surface area contributed by atoms with E-state index >= 15 is 0 Å². The third kappa shape index (κ3) is 4.59. The Labute approximate surface area is 160 Å². The summed E-state index contributed by atoms with van der Waals surface area (Å²) >= 11 is 0. The average molecular weight is 363 g/mol. The molecule has 1 amide bonds. The van der Waals surface area contributed by atoms with Gasteiger partial charge in [-0.05, 0) is 50.1 Å². The minimum absolute atomic E-state index is 0.245. The number of piperazine rings is 1. The zero-order chi connectivity index (χ0) is 19.4. The second kappa shape index (κ2) is 7.71. The average Bonchev–Trinajstić information content (AvgIpc) is 2.67. The number of nitrogens with zero attached hydrogens (tertiary/aromatic N) is 3. The summed E-state index contributed by atoms with van der Waals surface area (Å²) in [6.07, 6.45) is -0.245. The van der Waals surface area contributed by atoms with Gasteiger partial charge in [0, 0.05) is 31.9 Å². The number of rotatable bonds is 2. The van der Waals surface area contributed by atoms with Crippen LogP contribution in [0.25, 0.3) is 11.1 Å². The van der Waals surface area contributed by atoms with Crippen LogP contribution in [-0.4, -0.2) is 42.8 Å². The van der Waals surface area contributed by atoms with Crippen LogP contribution in [0.15, 0.2) is 48.5 Å². The molecule has 5 heteroatoms. The second-order valence-electron chi connectivity index (χ2n) is 7.66. The molecule has 1 fully saturated rings. The van der Waals surface area contributed by atoms with E-state index in [2.05, 4.69) is 23.1 Å². The number of nitriles is 1. The second-order valence-corrected chi connectivity index (χ2v) is 7.66. The molecule has 2 aromatic rings. The molecule has 5 nitrogen and oxygen atoms in total. The third-order valence-electron chi connectivity index (χ3n) is 4.52. The first kappa shape index (κ1) is 18.8. The van der Waals surface area contributed by atoms with Crippen molar-refractivity contribution in [1.82, 2.24) is 4.90 Å². The van der Waals surface area contributed by atoms with Gasteiger partial charge in [0.1, 0.15) is 5.60 Å². The fourth-order valence-corrected chi connectivity index (χ4v) is 3.16. The molecule has 140 valence electrons. The van der Waals surface area contributed by atoms with Gasteiger partial charge in [0.2, 0.25) is 0 Å². The Hall–Kier alpha value is -3.00. The Morgan fingerprint density at radius 3 is 2.22 bits per heavy atom. The molecule has 1 heterocycles. The van der Waals surface area contributed by atoms with Gasteiger partial charge in [-0.1, -0.05) is 30.3 Å². The van der Waals surface area contributed by atoms with Gasteiger partial charge >= 0.3 is 6.09 Å². The zero-order valence-corrected chi connectivity index (χ0v) is 16.1. The molecule has 1 aliphatic rings. The molecular weight excluding hydrogens is 338 g/mol. The van der Waals surface area contributed by atoms with Crippen LogP contribution in [0.2, 0.25) is 0 Å². The van der Waals surface area contributed by atoms with Crippen molar-refractivity contribution in [3.8, 4) is 17.2 Å². The van der Waals surface area contributed by atoms with E-state index in [4.69, 9.17) is 4.74 Å². The minimum atomic E-state index is -0.468. The van der Waals surface area contributed by atoms with E-state index in [1.54, 1.807) is 4.90 Å². The summed E-state index contributed by atoms with van der Waals surface area (Å²) in [5.41, 5.74) is 3.31. The predicted octanol–water partition coefficient (Wildman–Crippen LogP) is 4.28. The van der Waals surface area contributed by atoms with Crippen LogP contribution < -0.4 is 4.90 Å². The van der Waals surface area contributed by atoms with Gasteiger partial charge in [-0.2, -0.15) is 5.26 Å². The first-order valence-corrected chi connectivity index (χ1v) is 9.20. The number of anilines is 1. The Bertz CT molecular complexity index is 839. The Kier molecular flexibility index (Phi) is 5.36. The number of benzene rings is 2. The van der Waals surface area contributed by atoms with E-state index in [-0.39, 0.29) is 6.09 Å². The highest BCUT2D eigenvalue weighted by molar-refractivity contribution is 5.72. The van der Waals surface area contributed by atoms with Crippen LogP contribution in [0.4, 0.5) is 10.5 Å². The van der Waals surface area contributed by atoms with E-state index in [1.165, 1.54) is 0 Å².